The number of hydrogen-bond acceptors (Lipinski definition) is 6. The molecule has 3 aromatic heterocycles. The van der Waals surface area contributed by atoms with Gasteiger partial charge in [-0.3, -0.25) is 4.98 Å². The molecule has 9 rings (SSSR count). The van der Waals surface area contributed by atoms with E-state index in [9.17, 15) is 0 Å². The van der Waals surface area contributed by atoms with E-state index in [2.05, 4.69) is 89.9 Å². The third-order valence-corrected chi connectivity index (χ3v) is 9.25. The third kappa shape index (κ3) is 6.92. The molecule has 0 saturated carbocycles. The minimum Gasteiger partial charge on any atom is -0.264 e. The molecule has 0 saturated heterocycles. The topological polar surface area (TPSA) is 77.3 Å². The van der Waals surface area contributed by atoms with Gasteiger partial charge in [0.25, 0.3) is 0 Å². The first-order valence-electron chi connectivity index (χ1n) is 17.8. The van der Waals surface area contributed by atoms with Crippen LogP contribution in [0.4, 0.5) is 0 Å². The smallest absolute Gasteiger partial charge is 0.164 e. The Kier molecular flexibility index (Phi) is 8.81. The monoisotopic (exact) mass is 692 g/mol. The molecular formula is C48H32N6. The minimum absolute atomic E-state index is 0.604. The molecule has 0 radical (unpaired) electrons. The van der Waals surface area contributed by atoms with Crippen molar-refractivity contribution in [2.75, 3.05) is 0 Å². The van der Waals surface area contributed by atoms with Crippen molar-refractivity contribution in [1.29, 1.82) is 0 Å². The first-order valence-corrected chi connectivity index (χ1v) is 17.8. The number of hydrogen-bond donors (Lipinski definition) is 0. The van der Waals surface area contributed by atoms with E-state index in [-0.39, 0.29) is 0 Å². The second kappa shape index (κ2) is 14.7. The first-order chi connectivity index (χ1) is 26.7. The van der Waals surface area contributed by atoms with E-state index < -0.39 is 0 Å². The number of aromatic nitrogens is 6. The van der Waals surface area contributed by atoms with Crippen molar-refractivity contribution in [2.24, 2.45) is 0 Å². The summed E-state index contributed by atoms with van der Waals surface area (Å²) in [4.78, 5) is 29.2. The highest BCUT2D eigenvalue weighted by Gasteiger charge is 2.15. The lowest BCUT2D eigenvalue weighted by Crippen LogP contribution is -2.00. The molecule has 3 heterocycles. The highest BCUT2D eigenvalue weighted by Crippen LogP contribution is 2.32. The van der Waals surface area contributed by atoms with Crippen molar-refractivity contribution in [2.45, 2.75) is 0 Å². The van der Waals surface area contributed by atoms with Crippen molar-refractivity contribution in [3.05, 3.63) is 194 Å². The second-order valence-corrected chi connectivity index (χ2v) is 12.8. The number of nitrogens with zero attached hydrogens (tertiary/aromatic N) is 6. The van der Waals surface area contributed by atoms with Gasteiger partial charge in [-0.15, -0.1) is 0 Å². The lowest BCUT2D eigenvalue weighted by molar-refractivity contribution is 1.07. The predicted molar refractivity (Wildman–Crippen MR) is 217 cm³/mol. The number of pyridine rings is 1. The van der Waals surface area contributed by atoms with Crippen molar-refractivity contribution in [1.82, 2.24) is 29.9 Å². The number of benzene rings is 6. The van der Waals surface area contributed by atoms with Crippen LogP contribution in [-0.4, -0.2) is 29.9 Å². The Morgan fingerprint density at radius 3 is 1.15 bits per heavy atom. The van der Waals surface area contributed by atoms with Crippen molar-refractivity contribution in [3.63, 3.8) is 0 Å². The molecule has 0 aliphatic carbocycles. The zero-order chi connectivity index (χ0) is 36.1. The van der Waals surface area contributed by atoms with Crippen LogP contribution in [0.5, 0.6) is 0 Å². The van der Waals surface area contributed by atoms with E-state index in [0.717, 1.165) is 67.0 Å². The average molecular weight is 693 g/mol. The second-order valence-electron chi connectivity index (χ2n) is 12.8. The normalized spacial score (nSPS) is 11.0. The molecular weight excluding hydrogens is 661 g/mol. The van der Waals surface area contributed by atoms with Gasteiger partial charge in [-0.05, 0) is 41.0 Å². The van der Waals surface area contributed by atoms with Crippen LogP contribution in [0.25, 0.3) is 90.3 Å². The van der Waals surface area contributed by atoms with E-state index >= 15 is 0 Å². The van der Waals surface area contributed by atoms with Gasteiger partial charge in [-0.1, -0.05) is 158 Å². The molecule has 0 aliphatic rings. The van der Waals surface area contributed by atoms with Gasteiger partial charge in [-0.2, -0.15) is 0 Å². The molecule has 0 atom stereocenters. The van der Waals surface area contributed by atoms with Crippen LogP contribution in [0.15, 0.2) is 194 Å². The van der Waals surface area contributed by atoms with Gasteiger partial charge < -0.3 is 0 Å². The summed E-state index contributed by atoms with van der Waals surface area (Å²) in [6.45, 7) is 0. The predicted octanol–water partition coefficient (Wildman–Crippen LogP) is 11.4. The van der Waals surface area contributed by atoms with Crippen LogP contribution < -0.4 is 0 Å². The maximum absolute atomic E-state index is 5.04. The molecule has 0 N–H and O–H groups in total. The Bertz CT molecular complexity index is 2630. The van der Waals surface area contributed by atoms with Crippen LogP contribution in [0.1, 0.15) is 0 Å². The fourth-order valence-electron chi connectivity index (χ4n) is 6.46. The van der Waals surface area contributed by atoms with Crippen LogP contribution in [0, 0.1) is 0 Å². The summed E-state index contributed by atoms with van der Waals surface area (Å²) in [5, 5.41) is 0. The highest BCUT2D eigenvalue weighted by atomic mass is 15.0. The van der Waals surface area contributed by atoms with E-state index in [1.54, 1.807) is 6.20 Å². The molecule has 6 nitrogen and oxygen atoms in total. The first kappa shape index (κ1) is 32.5. The summed E-state index contributed by atoms with van der Waals surface area (Å²) in [5.74, 6) is 2.52. The lowest BCUT2D eigenvalue weighted by Gasteiger charge is -2.11. The Morgan fingerprint density at radius 2 is 0.630 bits per heavy atom. The molecule has 254 valence electrons. The Balaban J connectivity index is 1.08. The van der Waals surface area contributed by atoms with Gasteiger partial charge in [0.05, 0.1) is 11.4 Å². The van der Waals surface area contributed by atoms with E-state index in [0.29, 0.717) is 23.3 Å². The summed E-state index contributed by atoms with van der Waals surface area (Å²) in [7, 11) is 0. The molecule has 0 spiro atoms. The van der Waals surface area contributed by atoms with Gasteiger partial charge in [0.2, 0.25) is 0 Å². The Morgan fingerprint density at radius 1 is 0.241 bits per heavy atom. The van der Waals surface area contributed by atoms with Crippen molar-refractivity contribution in [3.8, 4) is 90.3 Å². The SMILES string of the molecule is c1ccc(-c2cc(-c3ccc(-c4cccc(-c5nc(-c6ccccc6)nc(-c6cccc(-c7cccnc7)c6)n5)c4)cc3)nc(-c3ccccc3)n2)cc1. The van der Waals surface area contributed by atoms with Gasteiger partial charge in [-0.25, -0.2) is 24.9 Å². The van der Waals surface area contributed by atoms with Crippen LogP contribution >= 0.6 is 0 Å². The summed E-state index contributed by atoms with van der Waals surface area (Å²) in [5.41, 5.74) is 11.7. The molecule has 0 amide bonds. The van der Waals surface area contributed by atoms with Crippen LogP contribution in [-0.2, 0) is 0 Å². The van der Waals surface area contributed by atoms with E-state index in [4.69, 9.17) is 24.9 Å². The molecule has 54 heavy (non-hydrogen) atoms. The van der Waals surface area contributed by atoms with E-state index in [1.165, 1.54) is 0 Å². The van der Waals surface area contributed by atoms with Crippen LogP contribution in [0.3, 0.4) is 0 Å². The lowest BCUT2D eigenvalue weighted by atomic mass is 10.00. The Hall–Kier alpha value is -7.44. The zero-order valence-corrected chi connectivity index (χ0v) is 29.2. The summed E-state index contributed by atoms with van der Waals surface area (Å²) >= 11 is 0. The molecule has 6 heteroatoms. The van der Waals surface area contributed by atoms with Gasteiger partial charge in [0, 0.05) is 51.3 Å². The van der Waals surface area contributed by atoms with Crippen LogP contribution in [0.2, 0.25) is 0 Å². The Labute approximate surface area is 313 Å². The molecule has 0 unspecified atom stereocenters. The van der Waals surface area contributed by atoms with Gasteiger partial charge >= 0.3 is 0 Å². The summed E-state index contributed by atoms with van der Waals surface area (Å²) in [6, 6.07) is 61.6. The largest absolute Gasteiger partial charge is 0.264 e. The maximum atomic E-state index is 5.04. The van der Waals surface area contributed by atoms with Gasteiger partial charge in [0.15, 0.2) is 23.3 Å². The molecule has 0 bridgehead atoms. The highest BCUT2D eigenvalue weighted by molar-refractivity contribution is 5.77. The standard InChI is InChI=1S/C48H32N6/c1-4-13-34(14-5-1)43-31-44(51-45(50-43)36-15-6-2-7-16-36)35-26-24-33(25-27-35)38-19-10-21-40(29-38)47-52-46(37-17-8-3-9-18-37)53-48(54-47)41-22-11-20-39(30-41)42-23-12-28-49-32-42/h1-32H. The number of rotatable bonds is 8. The molecule has 9 aromatic rings. The van der Waals surface area contributed by atoms with E-state index in [1.807, 2.05) is 103 Å². The van der Waals surface area contributed by atoms with Crippen molar-refractivity contribution >= 4 is 0 Å². The fourth-order valence-corrected chi connectivity index (χ4v) is 6.46. The third-order valence-electron chi connectivity index (χ3n) is 9.25. The minimum atomic E-state index is 0.604. The zero-order valence-electron chi connectivity index (χ0n) is 29.2. The summed E-state index contributed by atoms with van der Waals surface area (Å²) < 4.78 is 0. The van der Waals surface area contributed by atoms with Gasteiger partial charge in [0.1, 0.15) is 0 Å². The quantitative estimate of drug-likeness (QED) is 0.158. The average Bonchev–Trinajstić information content (AvgIpc) is 3.27. The molecule has 0 fully saturated rings. The van der Waals surface area contributed by atoms with Crippen molar-refractivity contribution < 1.29 is 0 Å². The molecule has 0 aliphatic heterocycles. The maximum Gasteiger partial charge on any atom is 0.164 e. The summed E-state index contributed by atoms with van der Waals surface area (Å²) in [6.07, 6.45) is 3.64. The fraction of sp³-hybridized carbons (Fsp3) is 0. The molecule has 6 aromatic carbocycles.